The molecular weight excluding hydrogens is 376 g/mol. The molecule has 0 radical (unpaired) electrons. The number of alkyl halides is 2. The number of carbonyl (C=O) groups excluding carboxylic acids is 2. The van der Waals surface area contributed by atoms with Gasteiger partial charge in [-0.05, 0) is 25.5 Å². The SMILES string of the molecule is C[C@@H](OC(=O)c1ccccc1SC(F)F)C(=O)N[C@@H]1CCS(=O)(=O)C1. The standard InChI is InChI=1S/C15H17F2NO5S2/c1-9(13(19)18-10-6-7-25(21,22)8-10)23-14(20)11-4-2-3-5-12(11)24-15(16)17/h2-5,9-10,15H,6-8H2,1H3,(H,18,19)/t9-,10-/m1/s1. The summed E-state index contributed by atoms with van der Waals surface area (Å²) in [7, 11) is -3.15. The van der Waals surface area contributed by atoms with Crippen LogP contribution in [0.25, 0.3) is 0 Å². The van der Waals surface area contributed by atoms with Crippen LogP contribution in [0, 0.1) is 0 Å². The number of hydrogen-bond donors (Lipinski definition) is 1. The van der Waals surface area contributed by atoms with Gasteiger partial charge in [0, 0.05) is 10.9 Å². The van der Waals surface area contributed by atoms with Gasteiger partial charge in [0.05, 0.1) is 17.1 Å². The second-order valence-corrected chi connectivity index (χ2v) is 8.79. The first-order chi connectivity index (χ1) is 11.7. The van der Waals surface area contributed by atoms with Gasteiger partial charge in [0.25, 0.3) is 11.7 Å². The summed E-state index contributed by atoms with van der Waals surface area (Å²) >= 11 is 0.213. The summed E-state index contributed by atoms with van der Waals surface area (Å²) in [4.78, 5) is 24.2. The molecule has 25 heavy (non-hydrogen) atoms. The first-order valence-corrected chi connectivity index (χ1v) is 10.1. The van der Waals surface area contributed by atoms with Crippen molar-refractivity contribution < 1.29 is 31.5 Å². The lowest BCUT2D eigenvalue weighted by Gasteiger charge is -2.17. The molecule has 1 aliphatic heterocycles. The van der Waals surface area contributed by atoms with E-state index in [1.807, 2.05) is 0 Å². The molecule has 6 nitrogen and oxygen atoms in total. The van der Waals surface area contributed by atoms with Gasteiger partial charge in [-0.25, -0.2) is 13.2 Å². The van der Waals surface area contributed by atoms with Gasteiger partial charge in [0.2, 0.25) is 0 Å². The zero-order valence-corrected chi connectivity index (χ0v) is 14.9. The number of carbonyl (C=O) groups is 2. The molecule has 0 spiro atoms. The molecule has 2 rings (SSSR count). The third-order valence-electron chi connectivity index (χ3n) is 3.55. The molecule has 10 heteroatoms. The summed E-state index contributed by atoms with van der Waals surface area (Å²) in [6, 6.07) is 5.20. The van der Waals surface area contributed by atoms with Crippen LogP contribution in [0.3, 0.4) is 0 Å². The third-order valence-corrected chi connectivity index (χ3v) is 6.11. The van der Waals surface area contributed by atoms with Crippen LogP contribution in [-0.4, -0.2) is 49.7 Å². The van der Waals surface area contributed by atoms with Crippen LogP contribution in [0.15, 0.2) is 29.2 Å². The second-order valence-electron chi connectivity index (χ2n) is 5.53. The number of benzene rings is 1. The minimum Gasteiger partial charge on any atom is -0.449 e. The number of ether oxygens (including phenoxy) is 1. The Balaban J connectivity index is 1.97. The molecule has 2 atom stereocenters. The van der Waals surface area contributed by atoms with Gasteiger partial charge < -0.3 is 10.1 Å². The predicted molar refractivity (Wildman–Crippen MR) is 88.4 cm³/mol. The lowest BCUT2D eigenvalue weighted by molar-refractivity contribution is -0.129. The van der Waals surface area contributed by atoms with Gasteiger partial charge in [-0.15, -0.1) is 0 Å². The van der Waals surface area contributed by atoms with Crippen LogP contribution in [0.1, 0.15) is 23.7 Å². The van der Waals surface area contributed by atoms with Crippen LogP contribution < -0.4 is 5.32 Å². The van der Waals surface area contributed by atoms with Crippen LogP contribution in [0.2, 0.25) is 0 Å². The largest absolute Gasteiger partial charge is 0.449 e. The Hall–Kier alpha value is -1.68. The highest BCUT2D eigenvalue weighted by Crippen LogP contribution is 2.29. The van der Waals surface area contributed by atoms with E-state index in [1.165, 1.54) is 31.2 Å². The fraction of sp³-hybridized carbons (Fsp3) is 0.467. The molecule has 0 bridgehead atoms. The lowest BCUT2D eigenvalue weighted by atomic mass is 10.2. The van der Waals surface area contributed by atoms with E-state index in [-0.39, 0.29) is 33.7 Å². The van der Waals surface area contributed by atoms with E-state index in [2.05, 4.69) is 5.32 Å². The fourth-order valence-corrected chi connectivity index (χ4v) is 4.64. The monoisotopic (exact) mass is 393 g/mol. The molecule has 0 saturated carbocycles. The Bertz CT molecular complexity index is 754. The van der Waals surface area contributed by atoms with Crippen molar-refractivity contribution in [2.75, 3.05) is 11.5 Å². The number of sulfone groups is 1. The molecule has 1 N–H and O–H groups in total. The molecule has 0 aromatic heterocycles. The Labute approximate surface area is 148 Å². The summed E-state index contributed by atoms with van der Waals surface area (Å²) in [6.45, 7) is 1.33. The van der Waals surface area contributed by atoms with E-state index in [4.69, 9.17) is 4.74 Å². The average Bonchev–Trinajstić information content (AvgIpc) is 2.85. The normalized spacial score (nSPS) is 20.2. The van der Waals surface area contributed by atoms with Crippen molar-refractivity contribution in [3.05, 3.63) is 29.8 Å². The molecule has 0 aliphatic carbocycles. The molecule has 1 aromatic rings. The average molecular weight is 393 g/mol. The number of halogens is 2. The van der Waals surface area contributed by atoms with E-state index >= 15 is 0 Å². The van der Waals surface area contributed by atoms with Gasteiger partial charge in [0.15, 0.2) is 15.9 Å². The second kappa shape index (κ2) is 8.13. The first kappa shape index (κ1) is 19.6. The van der Waals surface area contributed by atoms with E-state index in [0.717, 1.165) is 0 Å². The van der Waals surface area contributed by atoms with Gasteiger partial charge in [-0.2, -0.15) is 8.78 Å². The van der Waals surface area contributed by atoms with Gasteiger partial charge in [-0.1, -0.05) is 23.9 Å². The van der Waals surface area contributed by atoms with Gasteiger partial charge in [-0.3, -0.25) is 4.79 Å². The topological polar surface area (TPSA) is 89.5 Å². The highest BCUT2D eigenvalue weighted by atomic mass is 32.2. The number of esters is 1. The van der Waals surface area contributed by atoms with Crippen molar-refractivity contribution in [3.63, 3.8) is 0 Å². The molecule has 1 aromatic carbocycles. The quantitative estimate of drug-likeness (QED) is 0.586. The summed E-state index contributed by atoms with van der Waals surface area (Å²) < 4.78 is 52.9. The number of amides is 1. The molecule has 1 aliphatic rings. The highest BCUT2D eigenvalue weighted by Gasteiger charge is 2.31. The summed E-state index contributed by atoms with van der Waals surface area (Å²) in [5, 5.41) is 2.52. The maximum atomic E-state index is 12.5. The van der Waals surface area contributed by atoms with Crippen molar-refractivity contribution in [1.29, 1.82) is 0 Å². The Morgan fingerprint density at radius 3 is 2.60 bits per heavy atom. The number of thioether (sulfide) groups is 1. The summed E-state index contributed by atoms with van der Waals surface area (Å²) in [5.41, 5.74) is -0.0594. The molecular formula is C15H17F2NO5S2. The minimum absolute atomic E-state index is 0.00431. The number of rotatable bonds is 6. The molecule has 138 valence electrons. The maximum absolute atomic E-state index is 12.5. The predicted octanol–water partition coefficient (Wildman–Crippen LogP) is 1.85. The first-order valence-electron chi connectivity index (χ1n) is 7.43. The number of hydrogen-bond acceptors (Lipinski definition) is 6. The summed E-state index contributed by atoms with van der Waals surface area (Å²) in [5.74, 6) is -4.36. The van der Waals surface area contributed by atoms with Crippen LogP contribution in [0.5, 0.6) is 0 Å². The molecule has 1 fully saturated rings. The molecule has 0 unspecified atom stereocenters. The van der Waals surface area contributed by atoms with Crippen molar-refractivity contribution in [2.24, 2.45) is 0 Å². The Morgan fingerprint density at radius 1 is 1.32 bits per heavy atom. The van der Waals surface area contributed by atoms with Gasteiger partial charge in [0.1, 0.15) is 0 Å². The highest BCUT2D eigenvalue weighted by molar-refractivity contribution is 7.99. The van der Waals surface area contributed by atoms with Crippen molar-refractivity contribution in [1.82, 2.24) is 5.32 Å². The van der Waals surface area contributed by atoms with E-state index < -0.39 is 39.6 Å². The van der Waals surface area contributed by atoms with Crippen molar-refractivity contribution in [3.8, 4) is 0 Å². The summed E-state index contributed by atoms with van der Waals surface area (Å²) in [6.07, 6.45) is -0.872. The van der Waals surface area contributed by atoms with E-state index in [1.54, 1.807) is 0 Å². The maximum Gasteiger partial charge on any atom is 0.340 e. The zero-order chi connectivity index (χ0) is 18.6. The van der Waals surface area contributed by atoms with Crippen LogP contribution in [0.4, 0.5) is 8.78 Å². The fourth-order valence-electron chi connectivity index (χ4n) is 2.34. The number of nitrogens with one attached hydrogen (secondary N) is 1. The van der Waals surface area contributed by atoms with Gasteiger partial charge >= 0.3 is 5.97 Å². The van der Waals surface area contributed by atoms with Crippen molar-refractivity contribution in [2.45, 2.75) is 36.1 Å². The molecule has 1 amide bonds. The third kappa shape index (κ3) is 5.67. The molecule has 1 heterocycles. The van der Waals surface area contributed by atoms with Crippen LogP contribution in [-0.2, 0) is 19.4 Å². The van der Waals surface area contributed by atoms with E-state index in [9.17, 15) is 26.8 Å². The van der Waals surface area contributed by atoms with E-state index in [0.29, 0.717) is 6.42 Å². The lowest BCUT2D eigenvalue weighted by Crippen LogP contribution is -2.42. The van der Waals surface area contributed by atoms with Crippen LogP contribution >= 0.6 is 11.8 Å². The Morgan fingerprint density at radius 2 is 2.00 bits per heavy atom. The smallest absolute Gasteiger partial charge is 0.340 e. The Kier molecular flexibility index (Phi) is 6.39. The minimum atomic E-state index is -3.15. The molecule has 1 saturated heterocycles. The van der Waals surface area contributed by atoms with Crippen molar-refractivity contribution >= 4 is 33.5 Å². The zero-order valence-electron chi connectivity index (χ0n) is 13.3.